The number of rotatable bonds is 4. The Balaban J connectivity index is 1.28. The number of nitrogens with zero attached hydrogens (tertiary/aromatic N) is 5. The maximum atomic E-state index is 13.1. The van der Waals surface area contributed by atoms with Gasteiger partial charge in [0.05, 0.1) is 22.5 Å². The molecule has 5 rings (SSSR count). The molecule has 2 aromatic carbocycles. The first-order valence-electron chi connectivity index (χ1n) is 10.8. The first-order valence-corrected chi connectivity index (χ1v) is 10.8. The number of H-pyrrole nitrogens is 1. The van der Waals surface area contributed by atoms with E-state index >= 15 is 0 Å². The van der Waals surface area contributed by atoms with Crippen molar-refractivity contribution in [3.8, 4) is 17.6 Å². The number of fused-ring (bicyclic) bond motifs is 1. The van der Waals surface area contributed by atoms with Crippen LogP contribution >= 0.6 is 0 Å². The Hall–Kier alpha value is -4.71. The van der Waals surface area contributed by atoms with E-state index in [0.717, 1.165) is 5.82 Å². The molecule has 0 atom stereocenters. The highest BCUT2D eigenvalue weighted by atomic mass is 16.5. The summed E-state index contributed by atoms with van der Waals surface area (Å²) in [5.41, 5.74) is 0.757. The van der Waals surface area contributed by atoms with Crippen molar-refractivity contribution in [2.75, 3.05) is 31.1 Å². The third-order valence-corrected chi connectivity index (χ3v) is 5.75. The topological polar surface area (TPSA) is 115 Å². The van der Waals surface area contributed by atoms with Crippen molar-refractivity contribution in [3.05, 3.63) is 88.5 Å². The molecule has 0 bridgehead atoms. The van der Waals surface area contributed by atoms with Gasteiger partial charge in [-0.2, -0.15) is 10.4 Å². The lowest BCUT2D eigenvalue weighted by Gasteiger charge is -2.35. The third kappa shape index (κ3) is 4.17. The zero-order valence-corrected chi connectivity index (χ0v) is 18.1. The molecule has 9 nitrogen and oxygen atoms in total. The van der Waals surface area contributed by atoms with Crippen LogP contribution < -0.4 is 15.2 Å². The van der Waals surface area contributed by atoms with Gasteiger partial charge in [0.15, 0.2) is 0 Å². The minimum absolute atomic E-state index is 0.0751. The van der Waals surface area contributed by atoms with E-state index in [1.54, 1.807) is 65.8 Å². The maximum Gasteiger partial charge on any atom is 0.272 e. The average Bonchev–Trinajstić information content (AvgIpc) is 2.89. The van der Waals surface area contributed by atoms with Crippen LogP contribution in [0.3, 0.4) is 0 Å². The highest BCUT2D eigenvalue weighted by Crippen LogP contribution is 2.28. The van der Waals surface area contributed by atoms with E-state index < -0.39 is 0 Å². The number of anilines is 1. The number of ether oxygens (including phenoxy) is 1. The normalized spacial score (nSPS) is 13.5. The molecule has 1 fully saturated rings. The molecule has 1 aliphatic rings. The number of aromatic amines is 1. The molecule has 1 saturated heterocycles. The van der Waals surface area contributed by atoms with Gasteiger partial charge in [-0.15, -0.1) is 0 Å². The molecule has 1 N–H and O–H groups in total. The van der Waals surface area contributed by atoms with Crippen LogP contribution in [0.2, 0.25) is 0 Å². The molecule has 4 aromatic rings. The van der Waals surface area contributed by atoms with Crippen LogP contribution in [0.5, 0.6) is 11.5 Å². The quantitative estimate of drug-likeness (QED) is 0.506. The van der Waals surface area contributed by atoms with Crippen LogP contribution in [-0.2, 0) is 0 Å². The predicted octanol–water partition coefficient (Wildman–Crippen LogP) is 2.94. The van der Waals surface area contributed by atoms with Crippen molar-refractivity contribution in [1.29, 1.82) is 5.26 Å². The van der Waals surface area contributed by atoms with Crippen molar-refractivity contribution in [3.63, 3.8) is 0 Å². The summed E-state index contributed by atoms with van der Waals surface area (Å²) in [4.78, 5) is 33.4. The fraction of sp³-hybridized carbons (Fsp3) is 0.160. The average molecular weight is 452 g/mol. The minimum Gasteiger partial charge on any atom is -0.457 e. The molecule has 0 aliphatic carbocycles. The molecule has 168 valence electrons. The number of hydrogen-bond acceptors (Lipinski definition) is 7. The third-order valence-electron chi connectivity index (χ3n) is 5.75. The standard InChI is InChI=1S/C25H20N6O3/c26-14-17-7-8-23(27-15-17)30-9-11-31(12-10-30)25(33)18-3-1-4-19(13-18)34-22-6-2-5-20-21(22)16-28-29-24(20)32/h1-8,13,15-16H,9-12H2,(H,29,32). The van der Waals surface area contributed by atoms with E-state index in [4.69, 9.17) is 10.00 Å². The SMILES string of the molecule is N#Cc1ccc(N2CCN(C(=O)c3cccc(Oc4cccc5c(=O)[nH]ncc45)c3)CC2)nc1. The zero-order chi connectivity index (χ0) is 23.5. The lowest BCUT2D eigenvalue weighted by molar-refractivity contribution is 0.0746. The highest BCUT2D eigenvalue weighted by Gasteiger charge is 2.23. The molecule has 0 radical (unpaired) electrons. The molecule has 0 unspecified atom stereocenters. The van der Waals surface area contributed by atoms with E-state index in [9.17, 15) is 9.59 Å². The summed E-state index contributed by atoms with van der Waals surface area (Å²) in [7, 11) is 0. The van der Waals surface area contributed by atoms with Crippen LogP contribution in [0.4, 0.5) is 5.82 Å². The van der Waals surface area contributed by atoms with Crippen LogP contribution in [0.25, 0.3) is 10.8 Å². The van der Waals surface area contributed by atoms with Crippen LogP contribution in [-0.4, -0.2) is 52.2 Å². The lowest BCUT2D eigenvalue weighted by atomic mass is 10.1. The number of carbonyl (C=O) groups is 1. The molecular weight excluding hydrogens is 432 g/mol. The summed E-state index contributed by atoms with van der Waals surface area (Å²) in [5.74, 6) is 1.71. The molecule has 34 heavy (non-hydrogen) atoms. The van der Waals surface area contributed by atoms with Crippen molar-refractivity contribution in [2.45, 2.75) is 0 Å². The van der Waals surface area contributed by atoms with Gasteiger partial charge in [0.25, 0.3) is 11.5 Å². The van der Waals surface area contributed by atoms with Crippen LogP contribution in [0, 0.1) is 11.3 Å². The van der Waals surface area contributed by atoms with Gasteiger partial charge >= 0.3 is 0 Å². The van der Waals surface area contributed by atoms with Crippen molar-refractivity contribution in [2.24, 2.45) is 0 Å². The summed E-state index contributed by atoms with van der Waals surface area (Å²) < 4.78 is 6.02. The fourth-order valence-electron chi connectivity index (χ4n) is 3.96. The number of hydrogen-bond donors (Lipinski definition) is 1. The second kappa shape index (κ2) is 9.03. The molecule has 0 spiro atoms. The first-order chi connectivity index (χ1) is 16.6. The number of pyridine rings is 1. The summed E-state index contributed by atoms with van der Waals surface area (Å²) in [6.45, 7) is 2.42. The van der Waals surface area contributed by atoms with Gasteiger partial charge in [0.1, 0.15) is 23.4 Å². The number of piperazine rings is 1. The monoisotopic (exact) mass is 452 g/mol. The maximum absolute atomic E-state index is 13.1. The van der Waals surface area contributed by atoms with Gasteiger partial charge in [-0.25, -0.2) is 10.1 Å². The van der Waals surface area contributed by atoms with Gasteiger partial charge in [-0.3, -0.25) is 9.59 Å². The van der Waals surface area contributed by atoms with E-state index in [0.29, 0.717) is 59.6 Å². The molecule has 0 saturated carbocycles. The van der Waals surface area contributed by atoms with Gasteiger partial charge in [0.2, 0.25) is 0 Å². The Labute approximate surface area is 194 Å². The summed E-state index contributed by atoms with van der Waals surface area (Å²) in [6.07, 6.45) is 3.10. The molecule has 2 aromatic heterocycles. The first kappa shape index (κ1) is 21.2. The number of aromatic nitrogens is 3. The van der Waals surface area contributed by atoms with Gasteiger partial charge in [-0.05, 0) is 42.5 Å². The lowest BCUT2D eigenvalue weighted by Crippen LogP contribution is -2.49. The summed E-state index contributed by atoms with van der Waals surface area (Å²) >= 11 is 0. The Morgan fingerprint density at radius 1 is 1.00 bits per heavy atom. The Bertz CT molecular complexity index is 1450. The summed E-state index contributed by atoms with van der Waals surface area (Å²) in [5, 5.41) is 16.3. The smallest absolute Gasteiger partial charge is 0.272 e. The molecule has 1 aliphatic heterocycles. The Morgan fingerprint density at radius 3 is 2.59 bits per heavy atom. The van der Waals surface area contributed by atoms with E-state index in [2.05, 4.69) is 26.2 Å². The van der Waals surface area contributed by atoms with Crippen LogP contribution in [0.15, 0.2) is 71.8 Å². The molecule has 1 amide bonds. The second-order valence-corrected chi connectivity index (χ2v) is 7.84. The van der Waals surface area contributed by atoms with E-state index in [1.165, 1.54) is 0 Å². The molecule has 3 heterocycles. The predicted molar refractivity (Wildman–Crippen MR) is 126 cm³/mol. The van der Waals surface area contributed by atoms with Gasteiger partial charge in [0, 0.05) is 37.9 Å². The summed E-state index contributed by atoms with van der Waals surface area (Å²) in [6, 6.07) is 17.8. The Morgan fingerprint density at radius 2 is 1.82 bits per heavy atom. The molecular formula is C25H20N6O3. The van der Waals surface area contributed by atoms with Crippen LogP contribution in [0.1, 0.15) is 15.9 Å². The van der Waals surface area contributed by atoms with Gasteiger partial charge in [-0.1, -0.05) is 12.1 Å². The van der Waals surface area contributed by atoms with Crippen molar-refractivity contribution in [1.82, 2.24) is 20.1 Å². The Kier molecular flexibility index (Phi) is 5.62. The fourth-order valence-corrected chi connectivity index (χ4v) is 3.96. The van der Waals surface area contributed by atoms with Gasteiger partial charge < -0.3 is 14.5 Å². The number of nitriles is 1. The van der Waals surface area contributed by atoms with E-state index in [-0.39, 0.29) is 11.5 Å². The second-order valence-electron chi connectivity index (χ2n) is 7.84. The number of amides is 1. The largest absolute Gasteiger partial charge is 0.457 e. The van der Waals surface area contributed by atoms with Crippen molar-refractivity contribution >= 4 is 22.5 Å². The number of carbonyl (C=O) groups excluding carboxylic acids is 1. The highest BCUT2D eigenvalue weighted by molar-refractivity contribution is 5.95. The minimum atomic E-state index is -0.290. The molecule has 9 heteroatoms. The van der Waals surface area contributed by atoms with E-state index in [1.807, 2.05) is 6.07 Å². The zero-order valence-electron chi connectivity index (χ0n) is 18.1. The number of nitrogens with one attached hydrogen (secondary N) is 1. The number of benzene rings is 2. The van der Waals surface area contributed by atoms with Crippen molar-refractivity contribution < 1.29 is 9.53 Å².